The van der Waals surface area contributed by atoms with Crippen molar-refractivity contribution in [1.82, 2.24) is 4.90 Å². The van der Waals surface area contributed by atoms with Gasteiger partial charge in [-0.05, 0) is 37.4 Å². The van der Waals surface area contributed by atoms with Gasteiger partial charge in [-0.25, -0.2) is 0 Å². The van der Waals surface area contributed by atoms with Gasteiger partial charge >= 0.3 is 0 Å². The highest BCUT2D eigenvalue weighted by Crippen LogP contribution is 2.20. The molecule has 1 aromatic rings. The summed E-state index contributed by atoms with van der Waals surface area (Å²) in [6.07, 6.45) is 3.08. The summed E-state index contributed by atoms with van der Waals surface area (Å²) >= 11 is 6.01. The van der Waals surface area contributed by atoms with E-state index in [1.165, 1.54) is 12.8 Å². The lowest BCUT2D eigenvalue weighted by molar-refractivity contribution is -0.116. The number of nitrogens with zero attached hydrogens (tertiary/aromatic N) is 1. The first-order chi connectivity index (χ1) is 9.15. The van der Waals surface area contributed by atoms with Crippen LogP contribution in [0.15, 0.2) is 24.3 Å². The Bertz CT molecular complexity index is 436. The number of amides is 1. The van der Waals surface area contributed by atoms with Gasteiger partial charge in [0.1, 0.15) is 0 Å². The van der Waals surface area contributed by atoms with E-state index in [0.717, 1.165) is 25.6 Å². The molecule has 0 aliphatic carbocycles. The first-order valence-electron chi connectivity index (χ1n) is 6.92. The molecule has 0 bridgehead atoms. The van der Waals surface area contributed by atoms with Gasteiger partial charge in [0.05, 0.1) is 10.7 Å². The standard InChI is InChI=1S/C15H21ClN2O/c1-12-5-4-9-18(11-12)10-8-15(19)17-14-7-3-2-6-13(14)16/h2-3,6-7,12H,4-5,8-11H2,1H3,(H,17,19)/t12-/m1/s1. The molecule has 3 nitrogen and oxygen atoms in total. The van der Waals surface area contributed by atoms with Crippen LogP contribution in [0, 0.1) is 5.92 Å². The molecule has 19 heavy (non-hydrogen) atoms. The van der Waals surface area contributed by atoms with Gasteiger partial charge in [-0.15, -0.1) is 0 Å². The normalized spacial score (nSPS) is 20.2. The van der Waals surface area contributed by atoms with Crippen molar-refractivity contribution in [3.63, 3.8) is 0 Å². The molecule has 1 amide bonds. The molecule has 4 heteroatoms. The Labute approximate surface area is 119 Å². The maximum atomic E-state index is 11.9. The minimum absolute atomic E-state index is 0.0336. The molecule has 0 unspecified atom stereocenters. The lowest BCUT2D eigenvalue weighted by Gasteiger charge is -2.30. The second-order valence-electron chi connectivity index (χ2n) is 5.33. The Morgan fingerprint density at radius 2 is 2.26 bits per heavy atom. The van der Waals surface area contributed by atoms with Gasteiger partial charge < -0.3 is 10.2 Å². The third-order valence-electron chi connectivity index (χ3n) is 3.54. The van der Waals surface area contributed by atoms with E-state index in [1.54, 1.807) is 6.07 Å². The number of hydrogen-bond acceptors (Lipinski definition) is 2. The van der Waals surface area contributed by atoms with Crippen molar-refractivity contribution in [2.45, 2.75) is 26.2 Å². The van der Waals surface area contributed by atoms with Crippen molar-refractivity contribution in [2.24, 2.45) is 5.92 Å². The Morgan fingerprint density at radius 1 is 1.47 bits per heavy atom. The van der Waals surface area contributed by atoms with Gasteiger partial charge in [0.15, 0.2) is 0 Å². The fourth-order valence-electron chi connectivity index (χ4n) is 2.52. The molecule has 1 aliphatic heterocycles. The number of para-hydroxylation sites is 1. The number of carbonyl (C=O) groups excluding carboxylic acids is 1. The van der Waals surface area contributed by atoms with Crippen LogP contribution in [0.2, 0.25) is 5.02 Å². The highest BCUT2D eigenvalue weighted by molar-refractivity contribution is 6.33. The predicted molar refractivity (Wildman–Crippen MR) is 79.5 cm³/mol. The minimum atomic E-state index is 0.0336. The summed E-state index contributed by atoms with van der Waals surface area (Å²) in [5.41, 5.74) is 0.696. The molecule has 1 atom stereocenters. The number of anilines is 1. The van der Waals surface area contributed by atoms with Crippen LogP contribution < -0.4 is 5.32 Å². The Hall–Kier alpha value is -1.06. The number of rotatable bonds is 4. The third-order valence-corrected chi connectivity index (χ3v) is 3.87. The number of nitrogens with one attached hydrogen (secondary N) is 1. The maximum absolute atomic E-state index is 11.9. The van der Waals surface area contributed by atoms with Crippen LogP contribution in [0.4, 0.5) is 5.69 Å². The summed E-state index contributed by atoms with van der Waals surface area (Å²) < 4.78 is 0. The number of carbonyl (C=O) groups is 1. The number of likely N-dealkylation sites (tertiary alicyclic amines) is 1. The lowest BCUT2D eigenvalue weighted by atomic mass is 10.0. The molecule has 104 valence electrons. The summed E-state index contributed by atoms with van der Waals surface area (Å²) in [6.45, 7) is 5.33. The van der Waals surface area contributed by atoms with Crippen LogP contribution in [0.5, 0.6) is 0 Å². The summed E-state index contributed by atoms with van der Waals surface area (Å²) in [6, 6.07) is 7.33. The number of benzene rings is 1. The molecule has 1 saturated heterocycles. The largest absolute Gasteiger partial charge is 0.325 e. The van der Waals surface area contributed by atoms with Crippen LogP contribution in [0.3, 0.4) is 0 Å². The molecule has 0 saturated carbocycles. The second kappa shape index (κ2) is 6.92. The maximum Gasteiger partial charge on any atom is 0.225 e. The fraction of sp³-hybridized carbons (Fsp3) is 0.533. The van der Waals surface area contributed by atoms with Gasteiger partial charge in [0, 0.05) is 19.5 Å². The molecular formula is C15H21ClN2O. The van der Waals surface area contributed by atoms with Crippen molar-refractivity contribution in [3.05, 3.63) is 29.3 Å². The third kappa shape index (κ3) is 4.51. The topological polar surface area (TPSA) is 32.3 Å². The summed E-state index contributed by atoms with van der Waals surface area (Å²) in [5, 5.41) is 3.45. The van der Waals surface area contributed by atoms with Gasteiger partial charge in [0.2, 0.25) is 5.91 Å². The van der Waals surface area contributed by atoms with Gasteiger partial charge in [-0.2, -0.15) is 0 Å². The van der Waals surface area contributed by atoms with Crippen LogP contribution in [-0.2, 0) is 4.79 Å². The number of halogens is 1. The first kappa shape index (κ1) is 14.4. The van der Waals surface area contributed by atoms with E-state index in [1.807, 2.05) is 18.2 Å². The van der Waals surface area contributed by atoms with Crippen LogP contribution in [-0.4, -0.2) is 30.4 Å². The van der Waals surface area contributed by atoms with Crippen molar-refractivity contribution in [3.8, 4) is 0 Å². The minimum Gasteiger partial charge on any atom is -0.325 e. The molecule has 0 aromatic heterocycles. The molecule has 2 rings (SSSR count). The molecule has 1 aliphatic rings. The first-order valence-corrected chi connectivity index (χ1v) is 7.29. The van der Waals surface area contributed by atoms with E-state index >= 15 is 0 Å². The van der Waals surface area contributed by atoms with Crippen LogP contribution in [0.1, 0.15) is 26.2 Å². The van der Waals surface area contributed by atoms with Crippen LogP contribution in [0.25, 0.3) is 0 Å². The van der Waals surface area contributed by atoms with E-state index in [9.17, 15) is 4.79 Å². The predicted octanol–water partition coefficient (Wildman–Crippen LogP) is 3.40. The molecular weight excluding hydrogens is 260 g/mol. The molecule has 1 N–H and O–H groups in total. The smallest absolute Gasteiger partial charge is 0.225 e. The van der Waals surface area contributed by atoms with Crippen molar-refractivity contribution in [2.75, 3.05) is 25.0 Å². The average molecular weight is 281 g/mol. The zero-order chi connectivity index (χ0) is 13.7. The zero-order valence-corrected chi connectivity index (χ0v) is 12.1. The quantitative estimate of drug-likeness (QED) is 0.917. The van der Waals surface area contributed by atoms with Crippen LogP contribution >= 0.6 is 11.6 Å². The van der Waals surface area contributed by atoms with Crippen molar-refractivity contribution < 1.29 is 4.79 Å². The highest BCUT2D eigenvalue weighted by atomic mass is 35.5. The van der Waals surface area contributed by atoms with E-state index in [4.69, 9.17) is 11.6 Å². The van der Waals surface area contributed by atoms with Gasteiger partial charge in [-0.1, -0.05) is 30.7 Å². The van der Waals surface area contributed by atoms with Gasteiger partial charge in [0.25, 0.3) is 0 Å². The number of piperidine rings is 1. The van der Waals surface area contributed by atoms with E-state index < -0.39 is 0 Å². The Kier molecular flexibility index (Phi) is 5.23. The Balaban J connectivity index is 1.77. The molecule has 0 spiro atoms. The summed E-state index contributed by atoms with van der Waals surface area (Å²) in [7, 11) is 0. The van der Waals surface area contributed by atoms with Crippen molar-refractivity contribution in [1.29, 1.82) is 0 Å². The van der Waals surface area contributed by atoms with E-state index in [-0.39, 0.29) is 5.91 Å². The molecule has 1 aromatic carbocycles. The van der Waals surface area contributed by atoms with E-state index in [0.29, 0.717) is 17.1 Å². The Morgan fingerprint density at radius 3 is 3.00 bits per heavy atom. The lowest BCUT2D eigenvalue weighted by Crippen LogP contribution is -2.36. The zero-order valence-electron chi connectivity index (χ0n) is 11.4. The fourth-order valence-corrected chi connectivity index (χ4v) is 2.71. The monoisotopic (exact) mass is 280 g/mol. The second-order valence-corrected chi connectivity index (χ2v) is 5.73. The molecule has 1 fully saturated rings. The van der Waals surface area contributed by atoms with E-state index in [2.05, 4.69) is 17.1 Å². The highest BCUT2D eigenvalue weighted by Gasteiger charge is 2.16. The SMILES string of the molecule is C[C@@H]1CCCN(CCC(=O)Nc2ccccc2Cl)C1. The molecule has 1 heterocycles. The number of hydrogen-bond donors (Lipinski definition) is 1. The van der Waals surface area contributed by atoms with Gasteiger partial charge in [-0.3, -0.25) is 4.79 Å². The average Bonchev–Trinajstić information content (AvgIpc) is 2.39. The molecule has 0 radical (unpaired) electrons. The van der Waals surface area contributed by atoms with Crippen molar-refractivity contribution >= 4 is 23.2 Å². The summed E-state index contributed by atoms with van der Waals surface area (Å²) in [4.78, 5) is 14.3. The summed E-state index contributed by atoms with van der Waals surface area (Å²) in [5.74, 6) is 0.784.